The molecule has 1 heterocycles. The second kappa shape index (κ2) is 7.28. The molecule has 0 spiro atoms. The van der Waals surface area contributed by atoms with Crippen LogP contribution in [0.1, 0.15) is 30.9 Å². The van der Waals surface area contributed by atoms with E-state index in [0.29, 0.717) is 5.92 Å². The summed E-state index contributed by atoms with van der Waals surface area (Å²) in [6.45, 7) is 6.44. The monoisotopic (exact) mass is 353 g/mol. The largest absolute Gasteiger partial charge is 0.493 e. The van der Waals surface area contributed by atoms with Gasteiger partial charge in [-0.05, 0) is 53.2 Å². The molecule has 0 saturated heterocycles. The molecule has 130 valence electrons. The molecule has 0 radical (unpaired) electrons. The van der Waals surface area contributed by atoms with Crippen molar-refractivity contribution in [3.05, 3.63) is 52.9 Å². The normalized spacial score (nSPS) is 11.0. The average Bonchev–Trinajstić information content (AvgIpc) is 3.10. The smallest absolute Gasteiger partial charge is 0.163 e. The van der Waals surface area contributed by atoms with Crippen molar-refractivity contribution >= 4 is 11.5 Å². The molecule has 0 unspecified atom stereocenters. The van der Waals surface area contributed by atoms with Crippen molar-refractivity contribution in [1.29, 1.82) is 0 Å². The Balaban J connectivity index is 2.06. The van der Waals surface area contributed by atoms with Crippen LogP contribution in [-0.4, -0.2) is 18.6 Å². The number of hydrogen-bond donors (Lipinski definition) is 0. The summed E-state index contributed by atoms with van der Waals surface area (Å²) >= 11 is 1.47. The lowest BCUT2D eigenvalue weighted by atomic mass is 9.97. The standard InChI is InChI=1S/C21H23NO2S/c1-13(2)15-6-8-16(9-7-15)18-12-25-22-20(18)17-10-14(3)21(24-5)19(11-17)23-4/h6-13H,1-5H3. The predicted octanol–water partition coefficient (Wildman–Crippen LogP) is 5.93. The minimum absolute atomic E-state index is 0.530. The van der Waals surface area contributed by atoms with Crippen LogP contribution >= 0.6 is 11.5 Å². The summed E-state index contributed by atoms with van der Waals surface area (Å²) in [6.07, 6.45) is 0. The molecule has 2 aromatic carbocycles. The first-order valence-electron chi connectivity index (χ1n) is 8.32. The van der Waals surface area contributed by atoms with E-state index in [1.54, 1.807) is 14.2 Å². The van der Waals surface area contributed by atoms with Crippen molar-refractivity contribution in [2.24, 2.45) is 0 Å². The maximum Gasteiger partial charge on any atom is 0.163 e. The molecule has 1 aromatic heterocycles. The van der Waals surface area contributed by atoms with E-state index in [4.69, 9.17) is 9.47 Å². The van der Waals surface area contributed by atoms with E-state index in [2.05, 4.69) is 53.9 Å². The van der Waals surface area contributed by atoms with E-state index in [9.17, 15) is 0 Å². The number of hydrogen-bond acceptors (Lipinski definition) is 4. The van der Waals surface area contributed by atoms with Crippen molar-refractivity contribution in [1.82, 2.24) is 4.37 Å². The van der Waals surface area contributed by atoms with Gasteiger partial charge in [0.25, 0.3) is 0 Å². The average molecular weight is 353 g/mol. The molecule has 25 heavy (non-hydrogen) atoms. The number of aryl methyl sites for hydroxylation is 1. The lowest BCUT2D eigenvalue weighted by Crippen LogP contribution is -1.95. The summed E-state index contributed by atoms with van der Waals surface area (Å²) in [5.41, 5.74) is 6.72. The van der Waals surface area contributed by atoms with E-state index in [1.807, 2.05) is 13.0 Å². The topological polar surface area (TPSA) is 31.4 Å². The Morgan fingerprint density at radius 1 is 0.960 bits per heavy atom. The molecule has 0 atom stereocenters. The van der Waals surface area contributed by atoms with Gasteiger partial charge in [0, 0.05) is 16.5 Å². The van der Waals surface area contributed by atoms with Crippen molar-refractivity contribution < 1.29 is 9.47 Å². The highest BCUT2D eigenvalue weighted by Crippen LogP contribution is 2.39. The number of benzene rings is 2. The van der Waals surface area contributed by atoms with E-state index >= 15 is 0 Å². The zero-order valence-electron chi connectivity index (χ0n) is 15.3. The van der Waals surface area contributed by atoms with Crippen LogP contribution in [0.3, 0.4) is 0 Å². The first kappa shape index (κ1) is 17.5. The molecular formula is C21H23NO2S. The molecule has 3 aromatic rings. The highest BCUT2D eigenvalue weighted by Gasteiger charge is 2.16. The fraction of sp³-hybridized carbons (Fsp3) is 0.286. The Morgan fingerprint density at radius 2 is 1.68 bits per heavy atom. The second-order valence-corrected chi connectivity index (χ2v) is 7.01. The molecule has 0 aliphatic heterocycles. The Labute approximate surface area is 153 Å². The Bertz CT molecular complexity index is 866. The summed E-state index contributed by atoms with van der Waals surface area (Å²) < 4.78 is 15.6. The number of aromatic nitrogens is 1. The van der Waals surface area contributed by atoms with Crippen molar-refractivity contribution in [2.75, 3.05) is 14.2 Å². The summed E-state index contributed by atoms with van der Waals surface area (Å²) in [5.74, 6) is 2.03. The number of rotatable bonds is 5. The van der Waals surface area contributed by atoms with E-state index < -0.39 is 0 Å². The van der Waals surface area contributed by atoms with Crippen molar-refractivity contribution in [2.45, 2.75) is 26.7 Å². The Hall–Kier alpha value is -2.33. The zero-order valence-corrected chi connectivity index (χ0v) is 16.1. The summed E-state index contributed by atoms with van der Waals surface area (Å²) in [5, 5.41) is 2.10. The third-order valence-electron chi connectivity index (χ3n) is 4.40. The summed E-state index contributed by atoms with van der Waals surface area (Å²) in [6, 6.07) is 12.8. The molecule has 3 rings (SSSR count). The molecule has 0 aliphatic carbocycles. The van der Waals surface area contributed by atoms with Gasteiger partial charge in [0.05, 0.1) is 19.9 Å². The lowest BCUT2D eigenvalue weighted by Gasteiger charge is -2.13. The summed E-state index contributed by atoms with van der Waals surface area (Å²) in [7, 11) is 3.32. The van der Waals surface area contributed by atoms with Gasteiger partial charge in [-0.1, -0.05) is 38.1 Å². The molecule has 0 fully saturated rings. The van der Waals surface area contributed by atoms with Crippen molar-refractivity contribution in [3.8, 4) is 33.9 Å². The SMILES string of the molecule is COc1cc(-c2nscc2-c2ccc(C(C)C)cc2)cc(C)c1OC. The third kappa shape index (κ3) is 3.40. The lowest BCUT2D eigenvalue weighted by molar-refractivity contribution is 0.353. The van der Waals surface area contributed by atoms with Crippen LogP contribution < -0.4 is 9.47 Å². The highest BCUT2D eigenvalue weighted by atomic mass is 32.1. The minimum Gasteiger partial charge on any atom is -0.493 e. The van der Waals surface area contributed by atoms with Crippen LogP contribution in [0.25, 0.3) is 22.4 Å². The Kier molecular flexibility index (Phi) is 5.09. The maximum absolute atomic E-state index is 5.49. The quantitative estimate of drug-likeness (QED) is 0.570. The van der Waals surface area contributed by atoms with Gasteiger partial charge < -0.3 is 9.47 Å². The molecule has 3 nitrogen and oxygen atoms in total. The second-order valence-electron chi connectivity index (χ2n) is 6.38. The van der Waals surface area contributed by atoms with Gasteiger partial charge in [0.1, 0.15) is 0 Å². The molecule has 4 heteroatoms. The summed E-state index contributed by atoms with van der Waals surface area (Å²) in [4.78, 5) is 0. The zero-order chi connectivity index (χ0) is 18.0. The number of nitrogens with zero attached hydrogens (tertiary/aromatic N) is 1. The van der Waals surface area contributed by atoms with E-state index in [0.717, 1.165) is 33.9 Å². The van der Waals surface area contributed by atoms with Gasteiger partial charge in [-0.3, -0.25) is 0 Å². The fourth-order valence-corrected chi connectivity index (χ4v) is 3.70. The first-order chi connectivity index (χ1) is 12.0. The van der Waals surface area contributed by atoms with Gasteiger partial charge in [-0.15, -0.1) is 0 Å². The molecule has 0 saturated carbocycles. The highest BCUT2D eigenvalue weighted by molar-refractivity contribution is 7.04. The van der Waals surface area contributed by atoms with Gasteiger partial charge in [0.15, 0.2) is 11.5 Å². The van der Waals surface area contributed by atoms with Crippen LogP contribution in [-0.2, 0) is 0 Å². The molecule has 0 amide bonds. The van der Waals surface area contributed by atoms with Crippen LogP contribution in [0.2, 0.25) is 0 Å². The molecule has 0 N–H and O–H groups in total. The third-order valence-corrected chi connectivity index (χ3v) is 5.03. The Morgan fingerprint density at radius 3 is 2.28 bits per heavy atom. The molecular weight excluding hydrogens is 330 g/mol. The van der Waals surface area contributed by atoms with Crippen LogP contribution in [0.15, 0.2) is 41.8 Å². The maximum atomic E-state index is 5.49. The van der Waals surface area contributed by atoms with Crippen LogP contribution in [0.4, 0.5) is 0 Å². The van der Waals surface area contributed by atoms with Crippen LogP contribution in [0.5, 0.6) is 11.5 Å². The molecule has 0 aliphatic rings. The van der Waals surface area contributed by atoms with Gasteiger partial charge in [0.2, 0.25) is 0 Å². The number of methoxy groups -OCH3 is 2. The van der Waals surface area contributed by atoms with E-state index in [1.165, 1.54) is 22.7 Å². The number of ether oxygens (including phenoxy) is 2. The van der Waals surface area contributed by atoms with Crippen molar-refractivity contribution in [3.63, 3.8) is 0 Å². The van der Waals surface area contributed by atoms with Gasteiger partial charge in [-0.25, -0.2) is 0 Å². The minimum atomic E-state index is 0.530. The van der Waals surface area contributed by atoms with Gasteiger partial charge >= 0.3 is 0 Å². The molecule has 0 bridgehead atoms. The van der Waals surface area contributed by atoms with E-state index in [-0.39, 0.29) is 0 Å². The van der Waals surface area contributed by atoms with Gasteiger partial charge in [-0.2, -0.15) is 4.37 Å². The fourth-order valence-electron chi connectivity index (χ4n) is 2.99. The predicted molar refractivity (Wildman–Crippen MR) is 105 cm³/mol. The first-order valence-corrected chi connectivity index (χ1v) is 9.16. The van der Waals surface area contributed by atoms with Crippen LogP contribution in [0, 0.1) is 6.92 Å².